The maximum Gasteiger partial charge on any atom is 0.337 e. The molecule has 2 unspecified atom stereocenters. The third kappa shape index (κ3) is 4.85. The molecule has 1 saturated heterocycles. The highest BCUT2D eigenvalue weighted by Crippen LogP contribution is 2.53. The molecule has 3 aromatic rings. The fourth-order valence-corrected chi connectivity index (χ4v) is 5.91. The Morgan fingerprint density at radius 2 is 1.92 bits per heavy atom. The van der Waals surface area contributed by atoms with Gasteiger partial charge in [0.05, 0.1) is 29.1 Å². The van der Waals surface area contributed by atoms with Crippen LogP contribution in [0, 0.1) is 24.7 Å². The third-order valence-electron chi connectivity index (χ3n) is 8.10. The first-order valence-corrected chi connectivity index (χ1v) is 13.2. The zero-order valence-electron chi connectivity index (χ0n) is 23.0. The zero-order valence-corrected chi connectivity index (χ0v) is 23.0. The Bertz CT molecular complexity index is 1490. The maximum atomic E-state index is 13.5. The molecule has 1 saturated carbocycles. The summed E-state index contributed by atoms with van der Waals surface area (Å²) in [6.07, 6.45) is 0. The van der Waals surface area contributed by atoms with E-state index in [9.17, 15) is 19.5 Å². The number of carbonyl (C=O) groups is 2. The molecule has 0 radical (unpaired) electrons. The number of para-hydroxylation sites is 1. The second-order valence-electron chi connectivity index (χ2n) is 10.8. The third-order valence-corrected chi connectivity index (χ3v) is 8.10. The van der Waals surface area contributed by atoms with Crippen LogP contribution >= 0.6 is 0 Å². The number of nitrogens with zero attached hydrogens (tertiary/aromatic N) is 4. The standard InChI is InChI=1S/C29H35N5O5/c1-16-12-19(17(2)30-23-9-7-6-8-18(23)28(37)38)25-20(13-16)26(35)33(4)29(31-25)34-14-21-22(15-34)24(21)27(36)32(3)10-11-39-5/h6-9,12-13,17,21-22,24,30H,10-11,14-15H2,1-5H3,(H,37,38)/t17?,21-,22+,24?. The molecule has 5 rings (SSSR count). The van der Waals surface area contributed by atoms with Gasteiger partial charge in [0.25, 0.3) is 5.56 Å². The number of methoxy groups -OCH3 is 1. The zero-order chi connectivity index (χ0) is 28.0. The predicted octanol–water partition coefficient (Wildman–Crippen LogP) is 2.90. The van der Waals surface area contributed by atoms with Crippen LogP contribution in [-0.4, -0.2) is 71.8 Å². The number of likely N-dealkylation sites (N-methyl/N-ethyl adjacent to an activating group) is 1. The molecule has 10 heteroatoms. The average Bonchev–Trinajstić information content (AvgIpc) is 3.41. The van der Waals surface area contributed by atoms with E-state index in [0.29, 0.717) is 48.8 Å². The first-order chi connectivity index (χ1) is 18.6. The number of ether oxygens (including phenoxy) is 1. The summed E-state index contributed by atoms with van der Waals surface area (Å²) in [5.41, 5.74) is 2.89. The molecule has 0 spiro atoms. The number of aromatic carboxylic acids is 1. The normalized spacial score (nSPS) is 20.5. The Hall–Kier alpha value is -3.92. The number of amides is 1. The first kappa shape index (κ1) is 26.7. The van der Waals surface area contributed by atoms with E-state index in [1.165, 1.54) is 0 Å². The fourth-order valence-electron chi connectivity index (χ4n) is 5.91. The van der Waals surface area contributed by atoms with Crippen LogP contribution in [0.4, 0.5) is 11.6 Å². The van der Waals surface area contributed by atoms with Crippen LogP contribution in [0.25, 0.3) is 10.9 Å². The minimum atomic E-state index is -1.01. The molecule has 4 atom stereocenters. The van der Waals surface area contributed by atoms with Crippen LogP contribution in [0.3, 0.4) is 0 Å². The summed E-state index contributed by atoms with van der Waals surface area (Å²) >= 11 is 0. The van der Waals surface area contributed by atoms with E-state index in [4.69, 9.17) is 9.72 Å². The number of anilines is 2. The van der Waals surface area contributed by atoms with Gasteiger partial charge in [0.1, 0.15) is 0 Å². The molecule has 1 aliphatic heterocycles. The minimum absolute atomic E-state index is 0.0114. The van der Waals surface area contributed by atoms with Crippen molar-refractivity contribution >= 4 is 34.4 Å². The largest absolute Gasteiger partial charge is 0.478 e. The number of fused-ring (bicyclic) bond motifs is 2. The highest BCUT2D eigenvalue weighted by molar-refractivity contribution is 5.94. The predicted molar refractivity (Wildman–Crippen MR) is 149 cm³/mol. The molecule has 2 N–H and O–H groups in total. The number of carbonyl (C=O) groups excluding carboxylic acids is 1. The van der Waals surface area contributed by atoms with E-state index in [2.05, 4.69) is 10.2 Å². The number of hydrogen-bond acceptors (Lipinski definition) is 7. The van der Waals surface area contributed by atoms with E-state index in [-0.39, 0.29) is 40.8 Å². The lowest BCUT2D eigenvalue weighted by atomic mass is 10.0. The molecule has 2 fully saturated rings. The van der Waals surface area contributed by atoms with Crippen molar-refractivity contribution in [2.75, 3.05) is 50.6 Å². The maximum absolute atomic E-state index is 13.5. The molecule has 1 aromatic heterocycles. The summed E-state index contributed by atoms with van der Waals surface area (Å²) in [7, 11) is 5.18. The van der Waals surface area contributed by atoms with Gasteiger partial charge in [-0.1, -0.05) is 18.2 Å². The molecule has 1 amide bonds. The van der Waals surface area contributed by atoms with Gasteiger partial charge in [-0.25, -0.2) is 9.78 Å². The van der Waals surface area contributed by atoms with Gasteiger partial charge in [-0.05, 0) is 49.4 Å². The van der Waals surface area contributed by atoms with Gasteiger partial charge < -0.3 is 25.0 Å². The number of rotatable bonds is 9. The van der Waals surface area contributed by atoms with Gasteiger partial charge >= 0.3 is 5.97 Å². The van der Waals surface area contributed by atoms with Crippen LogP contribution in [0.15, 0.2) is 41.2 Å². The molecule has 10 nitrogen and oxygen atoms in total. The van der Waals surface area contributed by atoms with Crippen molar-refractivity contribution in [3.8, 4) is 0 Å². The van der Waals surface area contributed by atoms with Crippen molar-refractivity contribution in [3.05, 3.63) is 63.4 Å². The summed E-state index contributed by atoms with van der Waals surface area (Å²) in [6.45, 7) is 6.30. The molecule has 206 valence electrons. The van der Waals surface area contributed by atoms with Crippen molar-refractivity contribution < 1.29 is 19.4 Å². The van der Waals surface area contributed by atoms with Gasteiger partial charge in [0.2, 0.25) is 11.9 Å². The Morgan fingerprint density at radius 1 is 1.23 bits per heavy atom. The number of benzene rings is 2. The molecule has 2 aromatic carbocycles. The fraction of sp³-hybridized carbons (Fsp3) is 0.448. The van der Waals surface area contributed by atoms with Crippen LogP contribution in [-0.2, 0) is 16.6 Å². The number of aromatic nitrogens is 2. The number of hydrogen-bond donors (Lipinski definition) is 2. The van der Waals surface area contributed by atoms with Gasteiger partial charge in [0, 0.05) is 58.0 Å². The second-order valence-corrected chi connectivity index (χ2v) is 10.8. The highest BCUT2D eigenvalue weighted by Gasteiger charge is 2.60. The van der Waals surface area contributed by atoms with Crippen LogP contribution < -0.4 is 15.8 Å². The van der Waals surface area contributed by atoms with Crippen molar-refractivity contribution in [2.45, 2.75) is 19.9 Å². The Kier molecular flexibility index (Phi) is 7.07. The number of piperidine rings is 1. The van der Waals surface area contributed by atoms with E-state index >= 15 is 0 Å². The summed E-state index contributed by atoms with van der Waals surface area (Å²) in [4.78, 5) is 47.0. The summed E-state index contributed by atoms with van der Waals surface area (Å²) in [5, 5.41) is 13.4. The smallest absolute Gasteiger partial charge is 0.337 e. The van der Waals surface area contributed by atoms with Gasteiger partial charge in [-0.3, -0.25) is 14.2 Å². The van der Waals surface area contributed by atoms with Gasteiger partial charge in [0.15, 0.2) is 0 Å². The number of aryl methyl sites for hydroxylation is 1. The summed E-state index contributed by atoms with van der Waals surface area (Å²) < 4.78 is 6.69. The lowest BCUT2D eigenvalue weighted by molar-refractivity contribution is -0.132. The quantitative estimate of drug-likeness (QED) is 0.431. The number of carboxylic acid groups (broad SMARTS) is 1. The van der Waals surface area contributed by atoms with E-state index < -0.39 is 5.97 Å². The SMILES string of the molecule is COCCN(C)C(=O)C1[C@H]2CN(c3nc4c(C(C)Nc5ccccc5C(=O)O)cc(C)cc4c(=O)n3C)C[C@@H]12. The number of carboxylic acids is 1. The molecular formula is C29H35N5O5. The topological polar surface area (TPSA) is 117 Å². The highest BCUT2D eigenvalue weighted by atomic mass is 16.5. The lowest BCUT2D eigenvalue weighted by Gasteiger charge is -2.25. The molecule has 2 heterocycles. The monoisotopic (exact) mass is 533 g/mol. The van der Waals surface area contributed by atoms with Crippen LogP contribution in [0.2, 0.25) is 0 Å². The van der Waals surface area contributed by atoms with E-state index in [0.717, 1.165) is 11.1 Å². The lowest BCUT2D eigenvalue weighted by Crippen LogP contribution is -2.37. The van der Waals surface area contributed by atoms with Crippen molar-refractivity contribution in [3.63, 3.8) is 0 Å². The van der Waals surface area contributed by atoms with Crippen LogP contribution in [0.5, 0.6) is 0 Å². The molecule has 39 heavy (non-hydrogen) atoms. The van der Waals surface area contributed by atoms with Gasteiger partial charge in [-0.2, -0.15) is 0 Å². The minimum Gasteiger partial charge on any atom is -0.478 e. The molecular weight excluding hydrogens is 498 g/mol. The van der Waals surface area contributed by atoms with E-state index in [1.807, 2.05) is 33.0 Å². The molecule has 0 bridgehead atoms. The first-order valence-electron chi connectivity index (χ1n) is 13.2. The van der Waals surface area contributed by atoms with Crippen molar-refractivity contribution in [1.82, 2.24) is 14.5 Å². The Labute approximate surface area is 227 Å². The molecule has 2 aliphatic rings. The Balaban J connectivity index is 1.43. The average molecular weight is 534 g/mol. The van der Waals surface area contributed by atoms with E-state index in [1.54, 1.807) is 47.9 Å². The van der Waals surface area contributed by atoms with Crippen molar-refractivity contribution in [1.29, 1.82) is 0 Å². The number of nitrogens with one attached hydrogen (secondary N) is 1. The van der Waals surface area contributed by atoms with Crippen molar-refractivity contribution in [2.24, 2.45) is 24.8 Å². The summed E-state index contributed by atoms with van der Waals surface area (Å²) in [6, 6.07) is 10.3. The van der Waals surface area contributed by atoms with Gasteiger partial charge in [-0.15, -0.1) is 0 Å². The summed E-state index contributed by atoms with van der Waals surface area (Å²) in [5.74, 6) is 0.241. The van der Waals surface area contributed by atoms with Crippen LogP contribution in [0.1, 0.15) is 34.5 Å². The Morgan fingerprint density at radius 3 is 2.59 bits per heavy atom. The second kappa shape index (κ2) is 10.3. The molecule has 1 aliphatic carbocycles.